The third-order valence-corrected chi connectivity index (χ3v) is 5.19. The molecular formula is C11H19N5O3S. The summed E-state index contributed by atoms with van der Waals surface area (Å²) in [7, 11) is 1.05. The van der Waals surface area contributed by atoms with Crippen LogP contribution in [0.25, 0.3) is 0 Å². The minimum atomic E-state index is -3.50. The predicted octanol–water partition coefficient (Wildman–Crippen LogP) is -0.818. The molecule has 1 aliphatic rings. The maximum Gasteiger partial charge on any atom is 0.281 e. The van der Waals surface area contributed by atoms with Crippen LogP contribution >= 0.6 is 0 Å². The number of amides is 1. The van der Waals surface area contributed by atoms with Crippen molar-refractivity contribution in [1.82, 2.24) is 23.7 Å². The van der Waals surface area contributed by atoms with E-state index in [1.807, 2.05) is 0 Å². The summed E-state index contributed by atoms with van der Waals surface area (Å²) in [5.74, 6) is -0.138. The summed E-state index contributed by atoms with van der Waals surface area (Å²) < 4.78 is 28.8. The topological polar surface area (TPSA) is 87.5 Å². The Morgan fingerprint density at radius 3 is 2.85 bits per heavy atom. The van der Waals surface area contributed by atoms with E-state index in [1.165, 1.54) is 22.7 Å². The highest BCUT2D eigenvalue weighted by atomic mass is 32.2. The van der Waals surface area contributed by atoms with Gasteiger partial charge in [-0.25, -0.2) is 0 Å². The number of nitrogens with zero attached hydrogens (tertiary/aromatic N) is 4. The SMILES string of the molecule is CNC(=O)C[C@@H]1CN(S(=O)(=O)N(C)C)Cc2ccnn21. The van der Waals surface area contributed by atoms with Crippen molar-refractivity contribution >= 4 is 16.1 Å². The molecule has 1 aromatic heterocycles. The quantitative estimate of drug-likeness (QED) is 0.787. The summed E-state index contributed by atoms with van der Waals surface area (Å²) in [6, 6.07) is 1.48. The van der Waals surface area contributed by atoms with E-state index in [1.54, 1.807) is 24.0 Å². The molecule has 8 nitrogen and oxygen atoms in total. The van der Waals surface area contributed by atoms with Gasteiger partial charge in [-0.05, 0) is 6.07 Å². The molecule has 0 bridgehead atoms. The van der Waals surface area contributed by atoms with Gasteiger partial charge in [0.1, 0.15) is 0 Å². The van der Waals surface area contributed by atoms with Crippen LogP contribution in [-0.4, -0.2) is 60.4 Å². The van der Waals surface area contributed by atoms with Crippen LogP contribution in [-0.2, 0) is 21.5 Å². The maximum absolute atomic E-state index is 12.2. The Morgan fingerprint density at radius 2 is 2.25 bits per heavy atom. The van der Waals surface area contributed by atoms with Gasteiger partial charge in [0.2, 0.25) is 5.91 Å². The third kappa shape index (κ3) is 2.69. The molecule has 2 heterocycles. The molecule has 0 saturated heterocycles. The Kier molecular flexibility index (Phi) is 4.11. The average Bonchev–Trinajstić information content (AvgIpc) is 2.86. The number of aromatic nitrogens is 2. The van der Waals surface area contributed by atoms with E-state index in [0.29, 0.717) is 0 Å². The summed E-state index contributed by atoms with van der Waals surface area (Å²) in [4.78, 5) is 11.6. The number of hydrogen-bond acceptors (Lipinski definition) is 4. The monoisotopic (exact) mass is 301 g/mol. The zero-order valence-corrected chi connectivity index (χ0v) is 12.6. The summed E-state index contributed by atoms with van der Waals surface area (Å²) in [5.41, 5.74) is 0.788. The van der Waals surface area contributed by atoms with Gasteiger partial charge in [0.15, 0.2) is 0 Å². The molecule has 0 aliphatic carbocycles. The van der Waals surface area contributed by atoms with Gasteiger partial charge in [-0.1, -0.05) is 0 Å². The molecule has 0 fully saturated rings. The van der Waals surface area contributed by atoms with Gasteiger partial charge in [0, 0.05) is 33.9 Å². The van der Waals surface area contributed by atoms with Crippen molar-refractivity contribution in [2.45, 2.75) is 19.0 Å². The molecule has 1 N–H and O–H groups in total. The van der Waals surface area contributed by atoms with Gasteiger partial charge in [-0.3, -0.25) is 9.48 Å². The smallest absolute Gasteiger partial charge is 0.281 e. The molecule has 1 amide bonds. The number of carbonyl (C=O) groups excluding carboxylic acids is 1. The van der Waals surface area contributed by atoms with Crippen molar-refractivity contribution in [3.8, 4) is 0 Å². The molecule has 112 valence electrons. The van der Waals surface area contributed by atoms with E-state index in [4.69, 9.17) is 0 Å². The molecule has 0 unspecified atom stereocenters. The zero-order chi connectivity index (χ0) is 14.9. The Balaban J connectivity index is 2.29. The van der Waals surface area contributed by atoms with Gasteiger partial charge in [-0.2, -0.15) is 22.1 Å². The molecular weight excluding hydrogens is 282 g/mol. The normalized spacial score (nSPS) is 19.9. The molecule has 0 radical (unpaired) electrons. The van der Waals surface area contributed by atoms with E-state index >= 15 is 0 Å². The fraction of sp³-hybridized carbons (Fsp3) is 0.636. The van der Waals surface area contributed by atoms with Crippen LogP contribution in [0.3, 0.4) is 0 Å². The Bertz CT molecular complexity index is 595. The van der Waals surface area contributed by atoms with Crippen LogP contribution in [0.2, 0.25) is 0 Å². The fourth-order valence-electron chi connectivity index (χ4n) is 2.23. The summed E-state index contributed by atoms with van der Waals surface area (Å²) in [5, 5.41) is 6.74. The number of nitrogens with one attached hydrogen (secondary N) is 1. The van der Waals surface area contributed by atoms with Gasteiger partial charge >= 0.3 is 0 Å². The molecule has 1 atom stereocenters. The molecule has 0 spiro atoms. The van der Waals surface area contributed by atoms with Crippen LogP contribution in [0.15, 0.2) is 12.3 Å². The minimum absolute atomic E-state index is 0.138. The minimum Gasteiger partial charge on any atom is -0.359 e. The fourth-order valence-corrected chi connectivity index (χ4v) is 3.34. The number of fused-ring (bicyclic) bond motifs is 1. The maximum atomic E-state index is 12.2. The third-order valence-electron chi connectivity index (χ3n) is 3.34. The average molecular weight is 301 g/mol. The highest BCUT2D eigenvalue weighted by Gasteiger charge is 2.34. The molecule has 0 aromatic carbocycles. The molecule has 9 heteroatoms. The van der Waals surface area contributed by atoms with E-state index in [0.717, 1.165) is 5.69 Å². The van der Waals surface area contributed by atoms with Crippen LogP contribution < -0.4 is 5.32 Å². The first-order valence-corrected chi connectivity index (χ1v) is 7.66. The van der Waals surface area contributed by atoms with Gasteiger partial charge in [0.05, 0.1) is 24.7 Å². The lowest BCUT2D eigenvalue weighted by Gasteiger charge is -2.34. The molecule has 20 heavy (non-hydrogen) atoms. The number of hydrogen-bond donors (Lipinski definition) is 1. The van der Waals surface area contributed by atoms with E-state index in [2.05, 4.69) is 10.4 Å². The molecule has 1 aliphatic heterocycles. The van der Waals surface area contributed by atoms with Crippen LogP contribution in [0, 0.1) is 0 Å². The van der Waals surface area contributed by atoms with Gasteiger partial charge in [0.25, 0.3) is 10.2 Å². The van der Waals surface area contributed by atoms with Crippen molar-refractivity contribution in [2.24, 2.45) is 0 Å². The Labute approximate surface area is 118 Å². The molecule has 0 saturated carbocycles. The predicted molar refractivity (Wildman–Crippen MR) is 73.0 cm³/mol. The first kappa shape index (κ1) is 14.9. The largest absolute Gasteiger partial charge is 0.359 e. The van der Waals surface area contributed by atoms with Crippen molar-refractivity contribution in [1.29, 1.82) is 0 Å². The van der Waals surface area contributed by atoms with Crippen LogP contribution in [0.1, 0.15) is 18.2 Å². The highest BCUT2D eigenvalue weighted by molar-refractivity contribution is 7.86. The van der Waals surface area contributed by atoms with E-state index in [9.17, 15) is 13.2 Å². The van der Waals surface area contributed by atoms with Crippen molar-refractivity contribution in [3.63, 3.8) is 0 Å². The Hall–Kier alpha value is -1.45. The second-order valence-electron chi connectivity index (χ2n) is 4.88. The van der Waals surface area contributed by atoms with E-state index < -0.39 is 10.2 Å². The number of rotatable bonds is 4. The molecule has 1 aromatic rings. The number of carbonyl (C=O) groups is 1. The standard InChI is InChI=1S/C11H19N5O3S/c1-12-11(17)6-10-8-15(20(18,19)14(2)3)7-9-4-5-13-16(9)10/h4-5,10H,6-8H2,1-3H3,(H,12,17)/t10-/m1/s1. The van der Waals surface area contributed by atoms with E-state index in [-0.39, 0.29) is 31.5 Å². The summed E-state index contributed by atoms with van der Waals surface area (Å²) >= 11 is 0. The first-order valence-electron chi connectivity index (χ1n) is 6.27. The van der Waals surface area contributed by atoms with Crippen molar-refractivity contribution in [3.05, 3.63) is 18.0 Å². The van der Waals surface area contributed by atoms with Crippen molar-refractivity contribution < 1.29 is 13.2 Å². The molecule has 2 rings (SSSR count). The Morgan fingerprint density at radius 1 is 1.55 bits per heavy atom. The summed E-state index contributed by atoms with van der Waals surface area (Å²) in [6.07, 6.45) is 1.82. The lowest BCUT2D eigenvalue weighted by Crippen LogP contribution is -2.46. The zero-order valence-electron chi connectivity index (χ0n) is 11.8. The lowest BCUT2D eigenvalue weighted by atomic mass is 10.1. The lowest BCUT2D eigenvalue weighted by molar-refractivity contribution is -0.121. The van der Waals surface area contributed by atoms with Crippen LogP contribution in [0.5, 0.6) is 0 Å². The second-order valence-corrected chi connectivity index (χ2v) is 7.02. The van der Waals surface area contributed by atoms with Gasteiger partial charge < -0.3 is 5.32 Å². The second kappa shape index (κ2) is 5.51. The van der Waals surface area contributed by atoms with Crippen LogP contribution in [0.4, 0.5) is 0 Å². The van der Waals surface area contributed by atoms with Gasteiger partial charge in [-0.15, -0.1) is 0 Å². The summed E-state index contributed by atoms with van der Waals surface area (Å²) in [6.45, 7) is 0.507. The first-order chi connectivity index (χ1) is 9.36. The van der Waals surface area contributed by atoms with Crippen molar-refractivity contribution in [2.75, 3.05) is 27.7 Å². The highest BCUT2D eigenvalue weighted by Crippen LogP contribution is 2.25.